The van der Waals surface area contributed by atoms with Gasteiger partial charge in [0.15, 0.2) is 5.96 Å². The molecule has 2 N–H and O–H groups in total. The lowest BCUT2D eigenvalue weighted by Crippen LogP contribution is -2.46. The molecule has 0 bridgehead atoms. The summed E-state index contributed by atoms with van der Waals surface area (Å²) in [6.45, 7) is 9.52. The molecule has 0 radical (unpaired) electrons. The Bertz CT molecular complexity index is 410. The molecule has 1 aliphatic rings. The number of rotatable bonds is 7. The molecule has 1 aliphatic heterocycles. The van der Waals surface area contributed by atoms with Gasteiger partial charge in [0, 0.05) is 19.1 Å². The van der Waals surface area contributed by atoms with Crippen LogP contribution in [-0.2, 0) is 6.54 Å². The predicted molar refractivity (Wildman–Crippen MR) is 92.0 cm³/mol. The summed E-state index contributed by atoms with van der Waals surface area (Å²) in [6.07, 6.45) is 3.89. The molecule has 1 saturated heterocycles. The predicted octanol–water partition coefficient (Wildman–Crippen LogP) is 2.68. The maximum absolute atomic E-state index is 4.67. The molecule has 0 spiro atoms. The van der Waals surface area contributed by atoms with Crippen molar-refractivity contribution in [1.82, 2.24) is 15.5 Å². The fourth-order valence-electron chi connectivity index (χ4n) is 2.75. The molecule has 0 amide bonds. The van der Waals surface area contributed by atoms with Crippen molar-refractivity contribution in [2.45, 2.75) is 45.7 Å². The minimum absolute atomic E-state index is 0.623. The van der Waals surface area contributed by atoms with Crippen molar-refractivity contribution < 1.29 is 0 Å². The summed E-state index contributed by atoms with van der Waals surface area (Å²) in [5, 5.41) is 11.1. The number of likely N-dealkylation sites (tertiary alicyclic amines) is 1. The highest BCUT2D eigenvalue weighted by molar-refractivity contribution is 7.07. The standard InChI is InChI=1S/C16H28N4S/c1-3-15(20-8-5-6-9-20)12-19-16(17-4-2)18-11-14-7-10-21-13-14/h7,10,13,15H,3-6,8-9,11-12H2,1-2H3,(H2,17,18,19). The lowest BCUT2D eigenvalue weighted by Gasteiger charge is -2.27. The first-order chi connectivity index (χ1) is 10.3. The third-order valence-electron chi connectivity index (χ3n) is 3.98. The van der Waals surface area contributed by atoms with Gasteiger partial charge in [0.25, 0.3) is 0 Å². The second kappa shape index (κ2) is 9.05. The summed E-state index contributed by atoms with van der Waals surface area (Å²) in [5.74, 6) is 0.932. The molecule has 0 aliphatic carbocycles. The number of aliphatic imine (C=N–C) groups is 1. The summed E-state index contributed by atoms with van der Waals surface area (Å²) in [7, 11) is 0. The molecular formula is C16H28N4S. The fourth-order valence-corrected chi connectivity index (χ4v) is 3.41. The van der Waals surface area contributed by atoms with Crippen LogP contribution in [0.1, 0.15) is 38.7 Å². The van der Waals surface area contributed by atoms with Gasteiger partial charge in [-0.2, -0.15) is 11.3 Å². The second-order valence-corrected chi connectivity index (χ2v) is 6.29. The van der Waals surface area contributed by atoms with Crippen LogP contribution in [0.3, 0.4) is 0 Å². The number of guanidine groups is 1. The third-order valence-corrected chi connectivity index (χ3v) is 4.71. The van der Waals surface area contributed by atoms with Crippen LogP contribution in [0.5, 0.6) is 0 Å². The van der Waals surface area contributed by atoms with Crippen molar-refractivity contribution in [3.8, 4) is 0 Å². The minimum Gasteiger partial charge on any atom is -0.357 e. The van der Waals surface area contributed by atoms with Gasteiger partial charge in [-0.3, -0.25) is 4.90 Å². The summed E-state index contributed by atoms with van der Waals surface area (Å²) in [6, 6.07) is 2.76. The van der Waals surface area contributed by atoms with Crippen molar-refractivity contribution in [1.29, 1.82) is 0 Å². The molecule has 1 aromatic rings. The topological polar surface area (TPSA) is 39.7 Å². The van der Waals surface area contributed by atoms with Gasteiger partial charge in [-0.05, 0) is 61.7 Å². The highest BCUT2D eigenvalue weighted by Crippen LogP contribution is 2.13. The van der Waals surface area contributed by atoms with Crippen LogP contribution in [0.2, 0.25) is 0 Å². The van der Waals surface area contributed by atoms with Crippen molar-refractivity contribution in [2.75, 3.05) is 26.2 Å². The maximum atomic E-state index is 4.67. The van der Waals surface area contributed by atoms with Crippen molar-refractivity contribution in [3.63, 3.8) is 0 Å². The normalized spacial score (nSPS) is 17.9. The summed E-state index contributed by atoms with van der Waals surface area (Å²) in [4.78, 5) is 7.28. The summed E-state index contributed by atoms with van der Waals surface area (Å²) >= 11 is 1.73. The Morgan fingerprint density at radius 2 is 2.14 bits per heavy atom. The molecule has 1 atom stereocenters. The van der Waals surface area contributed by atoms with Gasteiger partial charge in [-0.15, -0.1) is 0 Å². The number of nitrogens with zero attached hydrogens (tertiary/aromatic N) is 2. The van der Waals surface area contributed by atoms with E-state index in [1.54, 1.807) is 11.3 Å². The van der Waals surface area contributed by atoms with Crippen LogP contribution in [0.15, 0.2) is 21.8 Å². The van der Waals surface area contributed by atoms with Gasteiger partial charge < -0.3 is 10.6 Å². The first-order valence-corrected chi connectivity index (χ1v) is 9.05. The molecule has 2 heterocycles. The van der Waals surface area contributed by atoms with E-state index in [1.807, 2.05) is 0 Å². The average molecular weight is 308 g/mol. The highest BCUT2D eigenvalue weighted by Gasteiger charge is 2.20. The van der Waals surface area contributed by atoms with Crippen LogP contribution in [0.4, 0.5) is 0 Å². The van der Waals surface area contributed by atoms with Crippen LogP contribution < -0.4 is 10.6 Å². The fraction of sp³-hybridized carbons (Fsp3) is 0.688. The Kier molecular flexibility index (Phi) is 7.03. The summed E-state index contributed by atoms with van der Waals surface area (Å²) in [5.41, 5.74) is 1.28. The Labute approximate surface area is 132 Å². The number of hydrogen-bond acceptors (Lipinski definition) is 3. The number of hydrogen-bond donors (Lipinski definition) is 2. The van der Waals surface area contributed by atoms with Gasteiger partial charge >= 0.3 is 0 Å². The molecule has 0 aromatic carbocycles. The summed E-state index contributed by atoms with van der Waals surface area (Å²) < 4.78 is 0. The molecule has 118 valence electrons. The van der Waals surface area contributed by atoms with E-state index in [1.165, 1.54) is 37.9 Å². The lowest BCUT2D eigenvalue weighted by molar-refractivity contribution is 0.236. The van der Waals surface area contributed by atoms with E-state index in [-0.39, 0.29) is 0 Å². The van der Waals surface area contributed by atoms with Crippen LogP contribution >= 0.6 is 11.3 Å². The van der Waals surface area contributed by atoms with Crippen molar-refractivity contribution >= 4 is 17.3 Å². The van der Waals surface area contributed by atoms with Crippen LogP contribution in [0, 0.1) is 0 Å². The zero-order chi connectivity index (χ0) is 14.9. The first kappa shape index (κ1) is 16.3. The zero-order valence-electron chi connectivity index (χ0n) is 13.3. The maximum Gasteiger partial charge on any atom is 0.191 e. The van der Waals surface area contributed by atoms with E-state index in [0.29, 0.717) is 6.04 Å². The largest absolute Gasteiger partial charge is 0.357 e. The minimum atomic E-state index is 0.623. The van der Waals surface area contributed by atoms with Crippen molar-refractivity contribution in [3.05, 3.63) is 22.4 Å². The average Bonchev–Trinajstić information content (AvgIpc) is 3.18. The molecule has 5 heteroatoms. The number of thiophene rings is 1. The van der Waals surface area contributed by atoms with Crippen LogP contribution in [-0.4, -0.2) is 43.1 Å². The van der Waals surface area contributed by atoms with E-state index in [9.17, 15) is 0 Å². The Balaban J connectivity index is 1.84. The Morgan fingerprint density at radius 3 is 2.76 bits per heavy atom. The molecule has 1 fully saturated rings. The van der Waals surface area contributed by atoms with E-state index in [0.717, 1.165) is 25.6 Å². The lowest BCUT2D eigenvalue weighted by atomic mass is 10.2. The SMILES string of the molecule is CCNC(=NCc1ccsc1)NCC(CC)N1CCCC1. The van der Waals surface area contributed by atoms with Gasteiger partial charge in [-0.25, -0.2) is 4.99 Å². The Morgan fingerprint density at radius 1 is 1.33 bits per heavy atom. The molecule has 0 saturated carbocycles. The third kappa shape index (κ3) is 5.32. The molecule has 4 nitrogen and oxygen atoms in total. The zero-order valence-corrected chi connectivity index (χ0v) is 14.1. The Hall–Kier alpha value is -1.07. The van der Waals surface area contributed by atoms with Gasteiger partial charge in [0.2, 0.25) is 0 Å². The van der Waals surface area contributed by atoms with Gasteiger partial charge in [-0.1, -0.05) is 6.92 Å². The smallest absolute Gasteiger partial charge is 0.191 e. The molecule has 2 rings (SSSR count). The molecule has 1 aromatic heterocycles. The van der Waals surface area contributed by atoms with Gasteiger partial charge in [0.05, 0.1) is 6.54 Å². The monoisotopic (exact) mass is 308 g/mol. The van der Waals surface area contributed by atoms with Gasteiger partial charge in [0.1, 0.15) is 0 Å². The molecular weight excluding hydrogens is 280 g/mol. The highest BCUT2D eigenvalue weighted by atomic mass is 32.1. The van der Waals surface area contributed by atoms with E-state index in [2.05, 4.69) is 51.2 Å². The van der Waals surface area contributed by atoms with Crippen LogP contribution in [0.25, 0.3) is 0 Å². The number of nitrogens with one attached hydrogen (secondary N) is 2. The second-order valence-electron chi connectivity index (χ2n) is 5.51. The van der Waals surface area contributed by atoms with E-state index < -0.39 is 0 Å². The van der Waals surface area contributed by atoms with E-state index in [4.69, 9.17) is 0 Å². The van der Waals surface area contributed by atoms with Crippen molar-refractivity contribution in [2.24, 2.45) is 4.99 Å². The molecule has 1 unspecified atom stereocenters. The van der Waals surface area contributed by atoms with E-state index >= 15 is 0 Å². The molecule has 21 heavy (non-hydrogen) atoms. The quantitative estimate of drug-likeness (QED) is 0.601. The first-order valence-electron chi connectivity index (χ1n) is 8.10.